The Morgan fingerprint density at radius 1 is 1.23 bits per heavy atom. The van der Waals surface area contributed by atoms with Gasteiger partial charge in [-0.1, -0.05) is 66.7 Å². The third-order valence-corrected chi connectivity index (χ3v) is 10.4. The van der Waals surface area contributed by atoms with Gasteiger partial charge in [-0.3, -0.25) is 0 Å². The second kappa shape index (κ2) is 5.97. The molecule has 0 spiro atoms. The second-order valence-corrected chi connectivity index (χ2v) is 13.0. The molecular weight excluding hydrogens is 290 g/mol. The van der Waals surface area contributed by atoms with Crippen molar-refractivity contribution in [3.63, 3.8) is 0 Å². The Morgan fingerprint density at radius 2 is 1.82 bits per heavy atom. The molecule has 0 radical (unpaired) electrons. The van der Waals surface area contributed by atoms with E-state index < -0.39 is 8.32 Å². The summed E-state index contributed by atoms with van der Waals surface area (Å²) in [5, 5.41) is 0. The number of ether oxygens (including phenoxy) is 1. The van der Waals surface area contributed by atoms with Gasteiger partial charge in [0.25, 0.3) is 0 Å². The van der Waals surface area contributed by atoms with Crippen LogP contribution in [-0.4, -0.2) is 31.7 Å². The number of hydrogen-bond donors (Lipinski definition) is 1. The van der Waals surface area contributed by atoms with Crippen LogP contribution in [-0.2, 0) is 4.74 Å². The molecule has 22 heavy (non-hydrogen) atoms. The van der Waals surface area contributed by atoms with E-state index >= 15 is 0 Å². The summed E-state index contributed by atoms with van der Waals surface area (Å²) in [6.07, 6.45) is 6.29. The van der Waals surface area contributed by atoms with Crippen molar-refractivity contribution in [2.45, 2.75) is 71.1 Å². The van der Waals surface area contributed by atoms with E-state index in [0.29, 0.717) is 17.7 Å². The Morgan fingerprint density at radius 3 is 2.27 bits per heavy atom. The smallest absolute Gasteiger partial charge is 0.212 e. The fraction of sp³-hybridized carbons (Fsp3) is 0.722. The lowest BCUT2D eigenvalue weighted by atomic mass is 9.88. The maximum atomic E-state index is 11.5. The summed E-state index contributed by atoms with van der Waals surface area (Å²) in [4.78, 5) is 16.3. The molecule has 3 nitrogen and oxygen atoms in total. The summed E-state index contributed by atoms with van der Waals surface area (Å²) in [7, 11) is -2.49. The van der Waals surface area contributed by atoms with Crippen LogP contribution in [0.25, 0.3) is 0 Å². The van der Waals surface area contributed by atoms with Crippen LogP contribution in [0.2, 0.25) is 16.6 Å². The second-order valence-electron chi connectivity index (χ2n) is 8.31. The molecule has 0 aromatic carbocycles. The SMILES string of the molecule is CC(C)[Si](O)(C(C)C)C1C=CC=C1C1=N[C@@H](C(C)(C)C)CO1. The normalized spacial score (nSPS) is 25.7. The zero-order chi connectivity index (χ0) is 16.7. The molecule has 1 aliphatic carbocycles. The number of allylic oxidation sites excluding steroid dienone is 3. The van der Waals surface area contributed by atoms with E-state index in [9.17, 15) is 4.80 Å². The fourth-order valence-corrected chi connectivity index (χ4v) is 7.35. The highest BCUT2D eigenvalue weighted by molar-refractivity contribution is 6.78. The minimum atomic E-state index is -2.49. The molecule has 0 bridgehead atoms. The maximum Gasteiger partial charge on any atom is 0.212 e. The zero-order valence-electron chi connectivity index (χ0n) is 15.1. The summed E-state index contributed by atoms with van der Waals surface area (Å²) in [6.45, 7) is 15.8. The van der Waals surface area contributed by atoms with E-state index in [2.05, 4.69) is 66.7 Å². The van der Waals surface area contributed by atoms with Crippen LogP contribution >= 0.6 is 0 Å². The van der Waals surface area contributed by atoms with Crippen molar-refractivity contribution in [1.29, 1.82) is 0 Å². The van der Waals surface area contributed by atoms with E-state index in [0.717, 1.165) is 11.5 Å². The maximum absolute atomic E-state index is 11.5. The average Bonchev–Trinajstić information content (AvgIpc) is 3.04. The Balaban J connectivity index is 2.30. The molecule has 1 N–H and O–H groups in total. The summed E-state index contributed by atoms with van der Waals surface area (Å²) >= 11 is 0. The predicted octanol–water partition coefficient (Wildman–Crippen LogP) is 4.45. The van der Waals surface area contributed by atoms with E-state index in [4.69, 9.17) is 9.73 Å². The van der Waals surface area contributed by atoms with E-state index in [1.807, 2.05) is 0 Å². The monoisotopic (exact) mass is 321 g/mol. The molecule has 1 aliphatic heterocycles. The summed E-state index contributed by atoms with van der Waals surface area (Å²) in [5.41, 5.74) is 1.87. The molecule has 0 amide bonds. The van der Waals surface area contributed by atoms with Gasteiger partial charge in [0, 0.05) is 11.1 Å². The highest BCUT2D eigenvalue weighted by atomic mass is 28.4. The molecule has 1 unspecified atom stereocenters. The van der Waals surface area contributed by atoms with Crippen molar-refractivity contribution in [3.05, 3.63) is 23.8 Å². The van der Waals surface area contributed by atoms with Gasteiger partial charge in [0.2, 0.25) is 14.2 Å². The molecular formula is C18H31NO2Si. The summed E-state index contributed by atoms with van der Waals surface area (Å²) < 4.78 is 5.91. The van der Waals surface area contributed by atoms with Crippen molar-refractivity contribution < 1.29 is 9.53 Å². The van der Waals surface area contributed by atoms with Gasteiger partial charge in [0.1, 0.15) is 6.61 Å². The molecule has 2 atom stereocenters. The molecule has 0 aromatic heterocycles. The average molecular weight is 322 g/mol. The first-order valence-corrected chi connectivity index (χ1v) is 10.6. The van der Waals surface area contributed by atoms with E-state index in [-0.39, 0.29) is 17.0 Å². The lowest BCUT2D eigenvalue weighted by molar-refractivity contribution is 0.235. The third-order valence-electron chi connectivity index (χ3n) is 5.16. The number of rotatable bonds is 4. The summed E-state index contributed by atoms with van der Waals surface area (Å²) in [5.74, 6) is 0.752. The Hall–Kier alpha value is -0.873. The number of aliphatic imine (C=N–C) groups is 1. The first-order valence-electron chi connectivity index (χ1n) is 8.40. The van der Waals surface area contributed by atoms with Gasteiger partial charge >= 0.3 is 0 Å². The number of nitrogens with zero attached hydrogens (tertiary/aromatic N) is 1. The minimum absolute atomic E-state index is 0.0879. The largest absolute Gasteiger partial charge is 0.475 e. The predicted molar refractivity (Wildman–Crippen MR) is 95.8 cm³/mol. The third kappa shape index (κ3) is 2.95. The Labute approximate surface area is 136 Å². The first-order chi connectivity index (χ1) is 10.1. The van der Waals surface area contributed by atoms with Crippen LogP contribution in [0.5, 0.6) is 0 Å². The van der Waals surface area contributed by atoms with Gasteiger partial charge in [-0.05, 0) is 16.5 Å². The molecule has 2 rings (SSSR count). The van der Waals surface area contributed by atoms with Crippen molar-refractivity contribution in [2.24, 2.45) is 10.4 Å². The molecule has 0 saturated carbocycles. The van der Waals surface area contributed by atoms with Gasteiger partial charge < -0.3 is 9.53 Å². The van der Waals surface area contributed by atoms with Crippen molar-refractivity contribution in [3.8, 4) is 0 Å². The van der Waals surface area contributed by atoms with Crippen molar-refractivity contribution >= 4 is 14.2 Å². The molecule has 2 aliphatic rings. The highest BCUT2D eigenvalue weighted by Gasteiger charge is 2.49. The summed E-state index contributed by atoms with van der Waals surface area (Å²) in [6, 6.07) is 0.192. The lowest BCUT2D eigenvalue weighted by Crippen LogP contribution is -2.46. The fourth-order valence-electron chi connectivity index (χ4n) is 3.45. The minimum Gasteiger partial charge on any atom is -0.475 e. The molecule has 0 aromatic rings. The first kappa shape index (κ1) is 17.5. The molecule has 4 heteroatoms. The molecule has 124 valence electrons. The van der Waals surface area contributed by atoms with Gasteiger partial charge in [0.05, 0.1) is 6.04 Å². The van der Waals surface area contributed by atoms with Gasteiger partial charge in [-0.2, -0.15) is 0 Å². The van der Waals surface area contributed by atoms with Crippen LogP contribution in [0.4, 0.5) is 0 Å². The molecule has 0 fully saturated rings. The van der Waals surface area contributed by atoms with Gasteiger partial charge in [-0.15, -0.1) is 0 Å². The van der Waals surface area contributed by atoms with E-state index in [1.54, 1.807) is 0 Å². The zero-order valence-corrected chi connectivity index (χ0v) is 16.1. The van der Waals surface area contributed by atoms with Crippen molar-refractivity contribution in [1.82, 2.24) is 0 Å². The van der Waals surface area contributed by atoms with Gasteiger partial charge in [-0.25, -0.2) is 4.99 Å². The van der Waals surface area contributed by atoms with Crippen LogP contribution < -0.4 is 0 Å². The molecule has 1 heterocycles. The van der Waals surface area contributed by atoms with Crippen LogP contribution in [0.1, 0.15) is 48.5 Å². The van der Waals surface area contributed by atoms with Gasteiger partial charge in [0.15, 0.2) is 0 Å². The lowest BCUT2D eigenvalue weighted by Gasteiger charge is -2.38. The Bertz CT molecular complexity index is 504. The van der Waals surface area contributed by atoms with Crippen LogP contribution in [0.3, 0.4) is 0 Å². The van der Waals surface area contributed by atoms with Crippen LogP contribution in [0, 0.1) is 5.41 Å². The van der Waals surface area contributed by atoms with E-state index in [1.165, 1.54) is 0 Å². The van der Waals surface area contributed by atoms with Crippen LogP contribution in [0.15, 0.2) is 28.8 Å². The quantitative estimate of drug-likeness (QED) is 0.777. The van der Waals surface area contributed by atoms with Crippen molar-refractivity contribution in [2.75, 3.05) is 6.61 Å². The molecule has 0 saturated heterocycles. The highest BCUT2D eigenvalue weighted by Crippen LogP contribution is 2.47. The standard InChI is InChI=1S/C18H31NO2Si/c1-12(2)22(20,13(3)4)15-10-8-9-14(15)17-19-16(11-21-17)18(5,6)7/h8-10,12-13,15-16,20H,11H2,1-7H3/t15?,16-/m1/s1. The number of hydrogen-bond acceptors (Lipinski definition) is 3. The Kier molecular flexibility index (Phi) is 4.74. The topological polar surface area (TPSA) is 41.8 Å².